The number of sulfonamides is 1. The molecular formula is C18H16FN3O3S2. The molecule has 1 amide bonds. The molecule has 0 fully saturated rings. The fraction of sp³-hybridized carbons (Fsp3) is 0.111. The molecule has 0 aliphatic carbocycles. The average molecular weight is 405 g/mol. The van der Waals surface area contributed by atoms with Crippen molar-refractivity contribution < 1.29 is 17.6 Å². The van der Waals surface area contributed by atoms with Crippen LogP contribution in [0.15, 0.2) is 58.8 Å². The van der Waals surface area contributed by atoms with Gasteiger partial charge in [-0.3, -0.25) is 4.79 Å². The quantitative estimate of drug-likeness (QED) is 0.660. The molecule has 3 aromatic rings. The van der Waals surface area contributed by atoms with Gasteiger partial charge in [-0.15, -0.1) is 11.3 Å². The lowest BCUT2D eigenvalue weighted by atomic mass is 10.2. The van der Waals surface area contributed by atoms with Crippen LogP contribution >= 0.6 is 11.3 Å². The number of halogens is 1. The van der Waals surface area contributed by atoms with E-state index in [1.807, 2.05) is 0 Å². The number of benzene rings is 2. The van der Waals surface area contributed by atoms with Gasteiger partial charge < -0.3 is 5.32 Å². The Balaban J connectivity index is 1.64. The van der Waals surface area contributed by atoms with E-state index in [9.17, 15) is 17.6 Å². The number of rotatable bonds is 6. The van der Waals surface area contributed by atoms with E-state index >= 15 is 0 Å². The van der Waals surface area contributed by atoms with Gasteiger partial charge in [-0.2, -0.15) is 0 Å². The Bertz CT molecular complexity index is 1050. The Hall–Kier alpha value is -2.62. The number of aromatic nitrogens is 1. The molecular weight excluding hydrogens is 389 g/mol. The number of anilines is 1. The zero-order valence-electron chi connectivity index (χ0n) is 14.3. The number of nitrogens with one attached hydrogen (secondary N) is 2. The number of hydrogen-bond donors (Lipinski definition) is 2. The third-order valence-electron chi connectivity index (χ3n) is 3.70. The van der Waals surface area contributed by atoms with Crippen molar-refractivity contribution in [3.8, 4) is 10.6 Å². The second kappa shape index (κ2) is 7.95. The summed E-state index contributed by atoms with van der Waals surface area (Å²) in [5, 5.41) is 5.19. The van der Waals surface area contributed by atoms with E-state index in [1.54, 1.807) is 17.5 Å². The molecule has 0 atom stereocenters. The van der Waals surface area contributed by atoms with Gasteiger partial charge >= 0.3 is 0 Å². The minimum absolute atomic E-state index is 0.0776. The van der Waals surface area contributed by atoms with Gasteiger partial charge in [0.05, 0.1) is 17.0 Å². The molecule has 140 valence electrons. The van der Waals surface area contributed by atoms with Crippen LogP contribution in [0.4, 0.5) is 10.1 Å². The normalized spacial score (nSPS) is 11.3. The van der Waals surface area contributed by atoms with Crippen LogP contribution in [0.3, 0.4) is 0 Å². The molecule has 0 saturated carbocycles. The average Bonchev–Trinajstić information content (AvgIpc) is 3.11. The molecule has 2 N–H and O–H groups in total. The van der Waals surface area contributed by atoms with E-state index < -0.39 is 10.0 Å². The highest BCUT2D eigenvalue weighted by Crippen LogP contribution is 2.24. The molecule has 0 aliphatic rings. The van der Waals surface area contributed by atoms with Crippen LogP contribution in [0.2, 0.25) is 0 Å². The summed E-state index contributed by atoms with van der Waals surface area (Å²) in [5.74, 6) is -0.585. The van der Waals surface area contributed by atoms with Crippen molar-refractivity contribution in [2.24, 2.45) is 0 Å². The number of amides is 1. The fourth-order valence-corrected chi connectivity index (χ4v) is 3.87. The molecule has 3 rings (SSSR count). The number of carbonyl (C=O) groups is 1. The first-order valence-electron chi connectivity index (χ1n) is 7.91. The molecule has 0 saturated heterocycles. The van der Waals surface area contributed by atoms with Gasteiger partial charge in [0.25, 0.3) is 0 Å². The predicted molar refractivity (Wildman–Crippen MR) is 103 cm³/mol. The molecule has 0 unspecified atom stereocenters. The van der Waals surface area contributed by atoms with Crippen LogP contribution < -0.4 is 10.0 Å². The van der Waals surface area contributed by atoms with Gasteiger partial charge in [0.1, 0.15) is 10.8 Å². The summed E-state index contributed by atoms with van der Waals surface area (Å²) in [7, 11) is -2.18. The summed E-state index contributed by atoms with van der Waals surface area (Å²) in [6.07, 6.45) is 0.0776. The summed E-state index contributed by atoms with van der Waals surface area (Å²) in [6, 6.07) is 11.9. The van der Waals surface area contributed by atoms with E-state index in [1.165, 1.54) is 54.8 Å². The van der Waals surface area contributed by atoms with E-state index in [2.05, 4.69) is 15.0 Å². The fourth-order valence-electron chi connectivity index (χ4n) is 2.32. The molecule has 2 aromatic carbocycles. The maximum Gasteiger partial charge on any atom is 0.240 e. The Kier molecular flexibility index (Phi) is 5.64. The summed E-state index contributed by atoms with van der Waals surface area (Å²) < 4.78 is 38.6. The van der Waals surface area contributed by atoms with Crippen LogP contribution in [0, 0.1) is 5.82 Å². The number of thiazole rings is 1. The molecule has 0 spiro atoms. The lowest BCUT2D eigenvalue weighted by molar-refractivity contribution is -0.115. The van der Waals surface area contributed by atoms with E-state index in [-0.39, 0.29) is 23.0 Å². The van der Waals surface area contributed by atoms with Gasteiger partial charge in [0, 0.05) is 16.6 Å². The maximum absolute atomic E-state index is 13.0. The van der Waals surface area contributed by atoms with Crippen molar-refractivity contribution in [1.82, 2.24) is 9.71 Å². The molecule has 6 nitrogen and oxygen atoms in total. The van der Waals surface area contributed by atoms with E-state index in [0.29, 0.717) is 16.4 Å². The number of carbonyl (C=O) groups excluding carboxylic acids is 1. The largest absolute Gasteiger partial charge is 0.326 e. The van der Waals surface area contributed by atoms with Crippen LogP contribution in [-0.2, 0) is 21.2 Å². The van der Waals surface area contributed by atoms with Crippen LogP contribution in [-0.4, -0.2) is 26.4 Å². The van der Waals surface area contributed by atoms with E-state index in [0.717, 1.165) is 5.56 Å². The monoisotopic (exact) mass is 405 g/mol. The van der Waals surface area contributed by atoms with Crippen molar-refractivity contribution in [2.75, 3.05) is 12.4 Å². The highest BCUT2D eigenvalue weighted by Gasteiger charge is 2.12. The molecule has 0 bridgehead atoms. The van der Waals surface area contributed by atoms with Gasteiger partial charge in [-0.25, -0.2) is 22.5 Å². The van der Waals surface area contributed by atoms with Gasteiger partial charge in [-0.1, -0.05) is 0 Å². The van der Waals surface area contributed by atoms with E-state index in [4.69, 9.17) is 0 Å². The van der Waals surface area contributed by atoms with Gasteiger partial charge in [-0.05, 0) is 55.6 Å². The van der Waals surface area contributed by atoms with Crippen LogP contribution in [0.1, 0.15) is 5.69 Å². The first kappa shape index (κ1) is 19.2. The molecule has 1 heterocycles. The number of nitrogens with zero attached hydrogens (tertiary/aromatic N) is 1. The van der Waals surface area contributed by atoms with Gasteiger partial charge in [0.15, 0.2) is 0 Å². The predicted octanol–water partition coefficient (Wildman–Crippen LogP) is 3.04. The summed E-state index contributed by atoms with van der Waals surface area (Å²) in [5.41, 5.74) is 1.88. The topological polar surface area (TPSA) is 88.2 Å². The summed E-state index contributed by atoms with van der Waals surface area (Å²) >= 11 is 1.38. The summed E-state index contributed by atoms with van der Waals surface area (Å²) in [6.45, 7) is 0. The lowest BCUT2D eigenvalue weighted by Gasteiger charge is -2.06. The van der Waals surface area contributed by atoms with Crippen LogP contribution in [0.25, 0.3) is 10.6 Å². The van der Waals surface area contributed by atoms with Crippen molar-refractivity contribution >= 4 is 33.0 Å². The number of hydrogen-bond acceptors (Lipinski definition) is 5. The Labute approximate surface area is 160 Å². The SMILES string of the molecule is CNS(=O)(=O)c1ccc(NC(=O)Cc2csc(-c3ccc(F)cc3)n2)cc1. The first-order valence-corrected chi connectivity index (χ1v) is 10.3. The Morgan fingerprint density at radius 3 is 2.41 bits per heavy atom. The second-order valence-corrected chi connectivity index (χ2v) is 8.35. The van der Waals surface area contributed by atoms with Crippen molar-refractivity contribution in [2.45, 2.75) is 11.3 Å². The van der Waals surface area contributed by atoms with Crippen LogP contribution in [0.5, 0.6) is 0 Å². The summed E-state index contributed by atoms with van der Waals surface area (Å²) in [4.78, 5) is 16.7. The third kappa shape index (κ3) is 4.76. The second-order valence-electron chi connectivity index (χ2n) is 5.61. The Morgan fingerprint density at radius 1 is 1.11 bits per heavy atom. The Morgan fingerprint density at radius 2 is 1.78 bits per heavy atom. The highest BCUT2D eigenvalue weighted by molar-refractivity contribution is 7.89. The standard InChI is InChI=1S/C18H16FN3O3S2/c1-20-27(24,25)16-8-6-14(7-9-16)21-17(23)10-15-11-26-18(22-15)12-2-4-13(19)5-3-12/h2-9,11,20H,10H2,1H3,(H,21,23). The maximum atomic E-state index is 13.0. The highest BCUT2D eigenvalue weighted by atomic mass is 32.2. The molecule has 0 radical (unpaired) electrons. The molecule has 9 heteroatoms. The molecule has 0 aliphatic heterocycles. The van der Waals surface area contributed by atoms with Crippen molar-refractivity contribution in [3.63, 3.8) is 0 Å². The third-order valence-corrected chi connectivity index (χ3v) is 6.07. The van der Waals surface area contributed by atoms with Crippen molar-refractivity contribution in [1.29, 1.82) is 0 Å². The first-order chi connectivity index (χ1) is 12.9. The lowest BCUT2D eigenvalue weighted by Crippen LogP contribution is -2.18. The molecule has 1 aromatic heterocycles. The zero-order valence-corrected chi connectivity index (χ0v) is 15.9. The minimum atomic E-state index is -3.51. The molecule has 27 heavy (non-hydrogen) atoms. The van der Waals surface area contributed by atoms with Gasteiger partial charge in [0.2, 0.25) is 15.9 Å². The smallest absolute Gasteiger partial charge is 0.240 e. The van der Waals surface area contributed by atoms with Crippen molar-refractivity contribution in [3.05, 3.63) is 65.4 Å². The zero-order chi connectivity index (χ0) is 19.4. The minimum Gasteiger partial charge on any atom is -0.326 e.